The van der Waals surface area contributed by atoms with Gasteiger partial charge in [-0.2, -0.15) is 0 Å². The molecule has 0 aliphatic carbocycles. The zero-order valence-corrected chi connectivity index (χ0v) is 13.6. The summed E-state index contributed by atoms with van der Waals surface area (Å²) in [5.41, 5.74) is 0.829. The summed E-state index contributed by atoms with van der Waals surface area (Å²) in [7, 11) is 0. The van der Waals surface area contributed by atoms with Crippen molar-refractivity contribution in [1.82, 2.24) is 10.3 Å². The first-order chi connectivity index (χ1) is 11.3. The summed E-state index contributed by atoms with van der Waals surface area (Å²) in [6.45, 7) is 2.23. The lowest BCUT2D eigenvalue weighted by atomic mass is 10.2. The van der Waals surface area contributed by atoms with E-state index in [1.807, 2.05) is 17.5 Å². The van der Waals surface area contributed by atoms with E-state index in [9.17, 15) is 4.79 Å². The molecular weight excluding hydrogens is 316 g/mol. The number of ether oxygens (including phenoxy) is 2. The second kappa shape index (κ2) is 8.24. The van der Waals surface area contributed by atoms with Gasteiger partial charge in [-0.05, 0) is 25.0 Å². The molecule has 2 aromatic rings. The Kier molecular flexibility index (Phi) is 5.79. The van der Waals surface area contributed by atoms with Gasteiger partial charge in [0.1, 0.15) is 0 Å². The first-order valence-corrected chi connectivity index (χ1v) is 8.63. The molecule has 1 aliphatic heterocycles. The van der Waals surface area contributed by atoms with Crippen LogP contribution in [-0.4, -0.2) is 36.8 Å². The Morgan fingerprint density at radius 3 is 3.26 bits per heavy atom. The Labute approximate surface area is 138 Å². The Bertz CT molecular complexity index is 605. The maximum absolute atomic E-state index is 11.8. The molecule has 0 saturated carbocycles. The van der Waals surface area contributed by atoms with Crippen molar-refractivity contribution in [2.75, 3.05) is 19.8 Å². The highest BCUT2D eigenvalue weighted by Gasteiger charge is 2.15. The summed E-state index contributed by atoms with van der Waals surface area (Å²) >= 11 is 1.50. The number of carbonyl (C=O) groups is 1. The first kappa shape index (κ1) is 16.2. The maximum atomic E-state index is 11.8. The van der Waals surface area contributed by atoms with Gasteiger partial charge in [-0.1, -0.05) is 0 Å². The molecule has 1 saturated heterocycles. The first-order valence-electron chi connectivity index (χ1n) is 7.75. The van der Waals surface area contributed by atoms with Gasteiger partial charge in [0.15, 0.2) is 10.8 Å². The molecule has 23 heavy (non-hydrogen) atoms. The topological polar surface area (TPSA) is 73.6 Å². The van der Waals surface area contributed by atoms with Crippen molar-refractivity contribution in [3.8, 4) is 10.8 Å². The van der Waals surface area contributed by atoms with Gasteiger partial charge in [-0.15, -0.1) is 11.3 Å². The molecule has 2 aromatic heterocycles. The van der Waals surface area contributed by atoms with Crippen LogP contribution in [0.25, 0.3) is 10.8 Å². The van der Waals surface area contributed by atoms with E-state index in [0.717, 1.165) is 35.9 Å². The van der Waals surface area contributed by atoms with Gasteiger partial charge in [-0.25, -0.2) is 4.98 Å². The SMILES string of the molecule is O=C(CCOCC1CCCO1)NCc1csc(-c2ccco2)n1. The highest BCUT2D eigenvalue weighted by atomic mass is 32.1. The number of aromatic nitrogens is 1. The molecule has 1 amide bonds. The lowest BCUT2D eigenvalue weighted by molar-refractivity contribution is -0.122. The van der Waals surface area contributed by atoms with Crippen molar-refractivity contribution < 1.29 is 18.7 Å². The van der Waals surface area contributed by atoms with E-state index in [1.165, 1.54) is 11.3 Å². The number of rotatable bonds is 8. The minimum atomic E-state index is -0.0371. The van der Waals surface area contributed by atoms with Crippen LogP contribution in [0.5, 0.6) is 0 Å². The van der Waals surface area contributed by atoms with Crippen LogP contribution in [0.4, 0.5) is 0 Å². The molecule has 6 nitrogen and oxygen atoms in total. The van der Waals surface area contributed by atoms with Crippen molar-refractivity contribution in [1.29, 1.82) is 0 Å². The van der Waals surface area contributed by atoms with Gasteiger partial charge in [0.25, 0.3) is 0 Å². The molecular formula is C16H20N2O4S. The average Bonchev–Trinajstić information content (AvgIpc) is 3.31. The summed E-state index contributed by atoms with van der Waals surface area (Å²) in [6.07, 6.45) is 4.32. The van der Waals surface area contributed by atoms with Crippen LogP contribution < -0.4 is 5.32 Å². The Hall–Kier alpha value is -1.70. The van der Waals surface area contributed by atoms with Gasteiger partial charge in [0.2, 0.25) is 5.91 Å². The van der Waals surface area contributed by atoms with E-state index in [-0.39, 0.29) is 12.0 Å². The van der Waals surface area contributed by atoms with Gasteiger partial charge < -0.3 is 19.2 Å². The maximum Gasteiger partial charge on any atom is 0.222 e. The van der Waals surface area contributed by atoms with E-state index in [1.54, 1.807) is 6.26 Å². The number of hydrogen-bond donors (Lipinski definition) is 1. The summed E-state index contributed by atoms with van der Waals surface area (Å²) in [5.74, 6) is 0.708. The molecule has 7 heteroatoms. The minimum Gasteiger partial charge on any atom is -0.462 e. The van der Waals surface area contributed by atoms with Crippen LogP contribution in [0.2, 0.25) is 0 Å². The summed E-state index contributed by atoms with van der Waals surface area (Å²) < 4.78 is 16.2. The number of nitrogens with zero attached hydrogens (tertiary/aromatic N) is 1. The molecule has 124 valence electrons. The van der Waals surface area contributed by atoms with E-state index < -0.39 is 0 Å². The predicted molar refractivity (Wildman–Crippen MR) is 86.1 cm³/mol. The van der Waals surface area contributed by atoms with Crippen LogP contribution in [0.3, 0.4) is 0 Å². The van der Waals surface area contributed by atoms with Crippen molar-refractivity contribution >= 4 is 17.2 Å². The fraction of sp³-hybridized carbons (Fsp3) is 0.500. The van der Waals surface area contributed by atoms with E-state index >= 15 is 0 Å². The highest BCUT2D eigenvalue weighted by Crippen LogP contribution is 2.23. The molecule has 0 bridgehead atoms. The second-order valence-electron chi connectivity index (χ2n) is 5.36. The highest BCUT2D eigenvalue weighted by molar-refractivity contribution is 7.13. The monoisotopic (exact) mass is 336 g/mol. The molecule has 0 radical (unpaired) electrons. The minimum absolute atomic E-state index is 0.0371. The zero-order chi connectivity index (χ0) is 15.9. The number of thiazole rings is 1. The number of nitrogens with one attached hydrogen (secondary N) is 1. The predicted octanol–water partition coefficient (Wildman–Crippen LogP) is 2.61. The van der Waals surface area contributed by atoms with Crippen LogP contribution in [0.1, 0.15) is 25.0 Å². The smallest absolute Gasteiger partial charge is 0.222 e. The van der Waals surface area contributed by atoms with Crippen LogP contribution in [-0.2, 0) is 20.8 Å². The van der Waals surface area contributed by atoms with Crippen LogP contribution in [0, 0.1) is 0 Å². The van der Waals surface area contributed by atoms with E-state index in [4.69, 9.17) is 13.9 Å². The third kappa shape index (κ3) is 4.89. The van der Waals surface area contributed by atoms with Gasteiger partial charge >= 0.3 is 0 Å². The average molecular weight is 336 g/mol. The van der Waals surface area contributed by atoms with Crippen molar-refractivity contribution in [3.05, 3.63) is 29.5 Å². The lowest BCUT2D eigenvalue weighted by Crippen LogP contribution is -2.25. The summed E-state index contributed by atoms with van der Waals surface area (Å²) in [5, 5.41) is 5.59. The van der Waals surface area contributed by atoms with Crippen LogP contribution in [0.15, 0.2) is 28.2 Å². The van der Waals surface area contributed by atoms with Crippen molar-refractivity contribution in [3.63, 3.8) is 0 Å². The Morgan fingerprint density at radius 1 is 1.52 bits per heavy atom. The van der Waals surface area contributed by atoms with Gasteiger partial charge in [0.05, 0.1) is 37.8 Å². The zero-order valence-electron chi connectivity index (χ0n) is 12.8. The second-order valence-corrected chi connectivity index (χ2v) is 6.22. The fourth-order valence-electron chi connectivity index (χ4n) is 2.33. The van der Waals surface area contributed by atoms with Crippen molar-refractivity contribution in [2.45, 2.75) is 31.9 Å². The molecule has 0 aromatic carbocycles. The van der Waals surface area contributed by atoms with E-state index in [0.29, 0.717) is 26.2 Å². The lowest BCUT2D eigenvalue weighted by Gasteiger charge is -2.09. The van der Waals surface area contributed by atoms with Crippen molar-refractivity contribution in [2.24, 2.45) is 0 Å². The molecule has 1 aliphatic rings. The fourth-order valence-corrected chi connectivity index (χ4v) is 3.12. The number of carbonyl (C=O) groups excluding carboxylic acids is 1. The number of hydrogen-bond acceptors (Lipinski definition) is 6. The van der Waals surface area contributed by atoms with E-state index in [2.05, 4.69) is 10.3 Å². The molecule has 1 unspecified atom stereocenters. The third-order valence-corrected chi connectivity index (χ3v) is 4.46. The largest absolute Gasteiger partial charge is 0.462 e. The van der Waals surface area contributed by atoms with Gasteiger partial charge in [-0.3, -0.25) is 4.79 Å². The molecule has 1 N–H and O–H groups in total. The number of amides is 1. The van der Waals surface area contributed by atoms with Gasteiger partial charge in [0, 0.05) is 18.4 Å². The molecule has 3 rings (SSSR count). The molecule has 0 spiro atoms. The normalized spacial score (nSPS) is 17.5. The Morgan fingerprint density at radius 2 is 2.48 bits per heavy atom. The summed E-state index contributed by atoms with van der Waals surface area (Å²) in [4.78, 5) is 16.2. The number of furan rings is 1. The third-order valence-electron chi connectivity index (χ3n) is 3.55. The standard InChI is InChI=1S/C16H20N2O4S/c19-15(5-8-20-10-13-3-1-6-21-13)17-9-12-11-23-16(18-12)14-4-2-7-22-14/h2,4,7,11,13H,1,3,5-6,8-10H2,(H,17,19). The Balaban J connectivity index is 1.32. The molecule has 3 heterocycles. The van der Waals surface area contributed by atoms with Crippen LogP contribution >= 0.6 is 11.3 Å². The summed E-state index contributed by atoms with van der Waals surface area (Å²) in [6, 6.07) is 3.70. The molecule has 1 atom stereocenters. The molecule has 1 fully saturated rings. The quantitative estimate of drug-likeness (QED) is 0.750.